The van der Waals surface area contributed by atoms with Gasteiger partial charge >= 0.3 is 0 Å². The third kappa shape index (κ3) is 3.85. The predicted molar refractivity (Wildman–Crippen MR) is 136 cm³/mol. The van der Waals surface area contributed by atoms with Crippen LogP contribution in [0.3, 0.4) is 0 Å². The van der Waals surface area contributed by atoms with Gasteiger partial charge in [0.15, 0.2) is 5.11 Å². The Labute approximate surface area is 201 Å². The fourth-order valence-corrected chi connectivity index (χ4v) is 5.21. The van der Waals surface area contributed by atoms with E-state index in [9.17, 15) is 0 Å². The highest BCUT2D eigenvalue weighted by Gasteiger charge is 2.42. The minimum absolute atomic E-state index is 0.135. The highest BCUT2D eigenvalue weighted by Crippen LogP contribution is 2.43. The van der Waals surface area contributed by atoms with Crippen molar-refractivity contribution in [2.24, 2.45) is 0 Å². The van der Waals surface area contributed by atoms with Gasteiger partial charge in [-0.15, -0.1) is 0 Å². The molecule has 0 saturated carbocycles. The smallest absolute Gasteiger partial charge is 0.174 e. The lowest BCUT2D eigenvalue weighted by molar-refractivity contribution is 0.439. The van der Waals surface area contributed by atoms with Gasteiger partial charge in [-0.3, -0.25) is 4.98 Å². The molecule has 160 valence electrons. The third-order valence-corrected chi connectivity index (χ3v) is 6.66. The summed E-state index contributed by atoms with van der Waals surface area (Å²) in [7, 11) is 0. The second-order valence-electron chi connectivity index (χ2n) is 8.02. The van der Waals surface area contributed by atoms with Crippen molar-refractivity contribution in [2.45, 2.75) is 25.9 Å². The Hall–Kier alpha value is -2.96. The summed E-state index contributed by atoms with van der Waals surface area (Å²) < 4.78 is 7.47. The summed E-state index contributed by atoms with van der Waals surface area (Å²) in [4.78, 5) is 6.74. The van der Waals surface area contributed by atoms with E-state index in [4.69, 9.17) is 16.6 Å². The van der Waals surface area contributed by atoms with Crippen LogP contribution < -0.4 is 10.2 Å². The minimum Gasteiger partial charge on any atom is -0.459 e. The second kappa shape index (κ2) is 8.52. The van der Waals surface area contributed by atoms with Gasteiger partial charge in [0.2, 0.25) is 0 Å². The molecule has 0 spiro atoms. The van der Waals surface area contributed by atoms with Crippen molar-refractivity contribution in [1.29, 1.82) is 0 Å². The van der Waals surface area contributed by atoms with Crippen LogP contribution in [0.5, 0.6) is 0 Å². The van der Waals surface area contributed by atoms with E-state index in [2.05, 4.69) is 87.4 Å². The van der Waals surface area contributed by atoms with Gasteiger partial charge in [-0.25, -0.2) is 0 Å². The molecule has 3 heterocycles. The highest BCUT2D eigenvalue weighted by molar-refractivity contribution is 9.10. The number of hydrogen-bond acceptors (Lipinski definition) is 3. The van der Waals surface area contributed by atoms with Crippen molar-refractivity contribution in [3.63, 3.8) is 0 Å². The van der Waals surface area contributed by atoms with Crippen LogP contribution in [-0.4, -0.2) is 10.1 Å². The molecule has 4 nitrogen and oxygen atoms in total. The number of nitrogens with one attached hydrogen (secondary N) is 1. The first-order chi connectivity index (χ1) is 15.5. The first-order valence-corrected chi connectivity index (χ1v) is 11.6. The average molecular weight is 504 g/mol. The van der Waals surface area contributed by atoms with Crippen LogP contribution in [0.4, 0.5) is 5.69 Å². The Morgan fingerprint density at radius 2 is 1.81 bits per heavy atom. The molecule has 0 amide bonds. The first kappa shape index (κ1) is 20.9. The van der Waals surface area contributed by atoms with Crippen molar-refractivity contribution in [2.75, 3.05) is 4.90 Å². The summed E-state index contributed by atoms with van der Waals surface area (Å²) >= 11 is 9.47. The molecule has 1 aliphatic heterocycles. The van der Waals surface area contributed by atoms with Crippen LogP contribution in [0, 0.1) is 13.8 Å². The summed E-state index contributed by atoms with van der Waals surface area (Å²) in [5.74, 6) is 1.64. The molecule has 2 unspecified atom stereocenters. The monoisotopic (exact) mass is 503 g/mol. The maximum Gasteiger partial charge on any atom is 0.174 e. The quantitative estimate of drug-likeness (QED) is 0.306. The highest BCUT2D eigenvalue weighted by atomic mass is 79.9. The lowest BCUT2D eigenvalue weighted by Gasteiger charge is -2.26. The standard InChI is InChI=1S/C26H22BrN3OS/c1-16-6-5-7-18(14-16)30-25(24(29-26(30)32)21-8-3-4-13-28-21)23-12-11-22(31-23)19-10-9-17(2)15-20(19)27/h3-15,24-25H,1-2H3,(H,29,32). The number of rotatable bonds is 4. The lowest BCUT2D eigenvalue weighted by Crippen LogP contribution is -2.29. The Kier molecular flexibility index (Phi) is 5.57. The van der Waals surface area contributed by atoms with Crippen molar-refractivity contribution >= 4 is 38.9 Å². The van der Waals surface area contributed by atoms with Crippen LogP contribution in [0.2, 0.25) is 0 Å². The lowest BCUT2D eigenvalue weighted by atomic mass is 10.0. The SMILES string of the molecule is Cc1cccc(N2C(=S)NC(c3ccccn3)C2c2ccc(-c3ccc(C)cc3Br)o2)c1. The van der Waals surface area contributed by atoms with Crippen molar-refractivity contribution in [3.05, 3.63) is 106 Å². The number of halogens is 1. The van der Waals surface area contributed by atoms with E-state index < -0.39 is 0 Å². The minimum atomic E-state index is -0.169. The molecular formula is C26H22BrN3OS. The maximum atomic E-state index is 6.46. The number of furan rings is 1. The number of aromatic nitrogens is 1. The molecule has 1 aliphatic rings. The molecule has 0 bridgehead atoms. The van der Waals surface area contributed by atoms with Crippen LogP contribution in [0.25, 0.3) is 11.3 Å². The summed E-state index contributed by atoms with van der Waals surface area (Å²) in [5, 5.41) is 4.14. The zero-order valence-corrected chi connectivity index (χ0v) is 20.2. The van der Waals surface area contributed by atoms with E-state index in [1.807, 2.05) is 36.5 Å². The van der Waals surface area contributed by atoms with Crippen molar-refractivity contribution in [3.8, 4) is 11.3 Å². The number of anilines is 1. The Balaban J connectivity index is 1.61. The van der Waals surface area contributed by atoms with E-state index in [1.54, 1.807) is 0 Å². The molecule has 1 N–H and O–H groups in total. The van der Waals surface area contributed by atoms with Crippen LogP contribution in [0.15, 0.2) is 87.9 Å². The largest absolute Gasteiger partial charge is 0.459 e. The Bertz CT molecular complexity index is 1290. The molecule has 5 rings (SSSR count). The van der Waals surface area contributed by atoms with Crippen LogP contribution >= 0.6 is 28.1 Å². The summed E-state index contributed by atoms with van der Waals surface area (Å²) in [6.07, 6.45) is 1.81. The summed E-state index contributed by atoms with van der Waals surface area (Å²) in [6.45, 7) is 4.16. The fourth-order valence-electron chi connectivity index (χ4n) is 4.18. The van der Waals surface area contributed by atoms with Crippen LogP contribution in [-0.2, 0) is 0 Å². The van der Waals surface area contributed by atoms with Gasteiger partial charge in [-0.1, -0.05) is 40.2 Å². The first-order valence-electron chi connectivity index (χ1n) is 10.4. The normalized spacial score (nSPS) is 18.1. The van der Waals surface area contributed by atoms with E-state index >= 15 is 0 Å². The molecule has 0 radical (unpaired) electrons. The molecule has 1 saturated heterocycles. The molecule has 2 aromatic carbocycles. The molecule has 2 atom stereocenters. The predicted octanol–water partition coefficient (Wildman–Crippen LogP) is 6.90. The van der Waals surface area contributed by atoms with Gasteiger partial charge in [-0.2, -0.15) is 0 Å². The number of thiocarbonyl (C=S) groups is 1. The van der Waals surface area contributed by atoms with Gasteiger partial charge < -0.3 is 14.6 Å². The van der Waals surface area contributed by atoms with E-state index in [-0.39, 0.29) is 12.1 Å². The molecule has 4 aromatic rings. The van der Waals surface area contributed by atoms with E-state index in [0.717, 1.165) is 32.9 Å². The second-order valence-corrected chi connectivity index (χ2v) is 9.26. The van der Waals surface area contributed by atoms with Crippen molar-refractivity contribution in [1.82, 2.24) is 10.3 Å². The van der Waals surface area contributed by atoms with Crippen LogP contribution in [0.1, 0.15) is 34.7 Å². The number of benzene rings is 2. The van der Waals surface area contributed by atoms with Gasteiger partial charge in [0.1, 0.15) is 17.6 Å². The fraction of sp³-hybridized carbons (Fsp3) is 0.154. The summed E-state index contributed by atoms with van der Waals surface area (Å²) in [5.41, 5.74) is 5.34. The van der Waals surface area contributed by atoms with Gasteiger partial charge in [-0.05, 0) is 85.7 Å². The maximum absolute atomic E-state index is 6.46. The number of nitrogens with zero attached hydrogens (tertiary/aromatic N) is 2. The molecule has 32 heavy (non-hydrogen) atoms. The molecule has 1 fully saturated rings. The van der Waals surface area contributed by atoms with Crippen molar-refractivity contribution < 1.29 is 4.42 Å². The zero-order valence-electron chi connectivity index (χ0n) is 17.7. The molecule has 6 heteroatoms. The van der Waals surface area contributed by atoms with Gasteiger partial charge in [0.05, 0.1) is 11.7 Å². The van der Waals surface area contributed by atoms with Gasteiger partial charge in [0.25, 0.3) is 0 Å². The molecular weight excluding hydrogens is 482 g/mol. The molecule has 2 aromatic heterocycles. The number of pyridine rings is 1. The van der Waals surface area contributed by atoms with Gasteiger partial charge in [0, 0.05) is 21.9 Å². The number of aryl methyl sites for hydroxylation is 2. The topological polar surface area (TPSA) is 41.3 Å². The Morgan fingerprint density at radius 3 is 2.56 bits per heavy atom. The summed E-state index contributed by atoms with van der Waals surface area (Å²) in [6, 6.07) is 24.3. The molecule has 0 aliphatic carbocycles. The van der Waals surface area contributed by atoms with E-state index in [1.165, 1.54) is 11.1 Å². The number of hydrogen-bond donors (Lipinski definition) is 1. The average Bonchev–Trinajstić information content (AvgIpc) is 3.39. The van der Waals surface area contributed by atoms with E-state index in [0.29, 0.717) is 5.11 Å². The third-order valence-electron chi connectivity index (χ3n) is 5.69. The zero-order chi connectivity index (χ0) is 22.2. The Morgan fingerprint density at radius 1 is 0.969 bits per heavy atom.